The second kappa shape index (κ2) is 8.85. The molecule has 28 heavy (non-hydrogen) atoms. The minimum atomic E-state index is -3.67. The predicted octanol–water partition coefficient (Wildman–Crippen LogP) is 5.47. The fourth-order valence-corrected chi connectivity index (χ4v) is 5.69. The quantitative estimate of drug-likeness (QED) is 0.557. The summed E-state index contributed by atoms with van der Waals surface area (Å²) < 4.78 is 28.0. The molecule has 3 rings (SSSR count). The first-order valence-electron chi connectivity index (χ1n) is 9.95. The maximum Gasteiger partial charge on any atom is 0.264 e. The molecule has 0 radical (unpaired) electrons. The molecule has 0 fully saturated rings. The van der Waals surface area contributed by atoms with Crippen LogP contribution in [-0.4, -0.2) is 34.0 Å². The van der Waals surface area contributed by atoms with E-state index in [1.807, 2.05) is 30.3 Å². The van der Waals surface area contributed by atoms with Gasteiger partial charge in [0.1, 0.15) is 0 Å². The van der Waals surface area contributed by atoms with Crippen LogP contribution in [0.2, 0.25) is 5.02 Å². The highest BCUT2D eigenvalue weighted by Gasteiger charge is 2.36. The number of benzene rings is 2. The van der Waals surface area contributed by atoms with Gasteiger partial charge >= 0.3 is 0 Å². The molecule has 0 aliphatic carbocycles. The highest BCUT2D eigenvalue weighted by molar-refractivity contribution is 7.92. The number of sulfonamides is 1. The van der Waals surface area contributed by atoms with Crippen molar-refractivity contribution in [1.29, 1.82) is 0 Å². The largest absolute Gasteiger partial charge is 0.295 e. The van der Waals surface area contributed by atoms with Crippen LogP contribution in [0.5, 0.6) is 0 Å². The Kier molecular flexibility index (Phi) is 6.69. The van der Waals surface area contributed by atoms with E-state index in [9.17, 15) is 8.42 Å². The number of rotatable bonds is 7. The lowest BCUT2D eigenvalue weighted by atomic mass is 9.95. The molecular weight excluding hydrogens is 392 g/mol. The Balaban J connectivity index is 2.05. The van der Waals surface area contributed by atoms with Gasteiger partial charge in [-0.2, -0.15) is 0 Å². The normalized spacial score (nSPS) is 17.9. The fourth-order valence-electron chi connectivity index (χ4n) is 3.98. The zero-order chi connectivity index (χ0) is 20.3. The van der Waals surface area contributed by atoms with E-state index in [2.05, 4.69) is 18.9 Å². The van der Waals surface area contributed by atoms with Gasteiger partial charge in [-0.1, -0.05) is 68.5 Å². The number of hydrogen-bond donors (Lipinski definition) is 0. The highest BCUT2D eigenvalue weighted by atomic mass is 35.5. The average Bonchev–Trinajstić information content (AvgIpc) is 2.75. The monoisotopic (exact) mass is 420 g/mol. The lowest BCUT2D eigenvalue weighted by molar-refractivity contribution is 0.270. The third-order valence-electron chi connectivity index (χ3n) is 5.53. The number of unbranched alkanes of at least 4 members (excludes halogenated alkanes) is 4. The van der Waals surface area contributed by atoms with Gasteiger partial charge in [-0.05, 0) is 49.3 Å². The fraction of sp³-hybridized carbons (Fsp3) is 0.455. The van der Waals surface area contributed by atoms with Crippen LogP contribution in [0.4, 0.5) is 5.69 Å². The molecule has 0 bridgehead atoms. The van der Waals surface area contributed by atoms with Gasteiger partial charge < -0.3 is 0 Å². The van der Waals surface area contributed by atoms with E-state index >= 15 is 0 Å². The lowest BCUT2D eigenvalue weighted by Gasteiger charge is -2.30. The van der Waals surface area contributed by atoms with Crippen molar-refractivity contribution in [3.63, 3.8) is 0 Å². The summed E-state index contributed by atoms with van der Waals surface area (Å²) in [5, 5.41) is 0.433. The van der Waals surface area contributed by atoms with Crippen molar-refractivity contribution < 1.29 is 8.42 Å². The van der Waals surface area contributed by atoms with Crippen molar-refractivity contribution in [2.24, 2.45) is 0 Å². The third kappa shape index (κ3) is 4.07. The van der Waals surface area contributed by atoms with Crippen molar-refractivity contribution in [1.82, 2.24) is 4.90 Å². The molecule has 2 aromatic carbocycles. The van der Waals surface area contributed by atoms with Gasteiger partial charge in [-0.15, -0.1) is 0 Å². The summed E-state index contributed by atoms with van der Waals surface area (Å²) in [6.07, 6.45) is 6.03. The summed E-state index contributed by atoms with van der Waals surface area (Å²) in [4.78, 5) is 2.56. The minimum Gasteiger partial charge on any atom is -0.295 e. The number of para-hydroxylation sites is 1. The first kappa shape index (κ1) is 21.2. The summed E-state index contributed by atoms with van der Waals surface area (Å²) in [5.41, 5.74) is 2.51. The molecule has 0 spiro atoms. The molecule has 1 aliphatic rings. The summed E-state index contributed by atoms with van der Waals surface area (Å²) in [6.45, 7) is 3.13. The standard InChI is InChI=1S/C22H29ClN2O2S/c1-4-5-6-7-10-15-24(2)22-18-11-8-9-12-20(18)25(3)28(26,27)21-16-17(23)13-14-19(21)22/h8-9,11-14,16,22H,4-7,10,15H2,1-3H3. The number of nitrogens with zero attached hydrogens (tertiary/aromatic N) is 2. The molecule has 0 saturated heterocycles. The molecule has 1 aliphatic heterocycles. The maximum atomic E-state index is 13.3. The topological polar surface area (TPSA) is 40.6 Å². The molecule has 0 N–H and O–H groups in total. The molecule has 1 heterocycles. The van der Waals surface area contributed by atoms with E-state index in [4.69, 9.17) is 11.6 Å². The van der Waals surface area contributed by atoms with Gasteiger partial charge in [0.2, 0.25) is 0 Å². The maximum absolute atomic E-state index is 13.3. The molecule has 6 heteroatoms. The molecule has 0 aromatic heterocycles. The van der Waals surface area contributed by atoms with Gasteiger partial charge in [0.15, 0.2) is 0 Å². The van der Waals surface area contributed by atoms with Gasteiger partial charge in [-0.3, -0.25) is 9.21 Å². The molecule has 152 valence electrons. The van der Waals surface area contributed by atoms with E-state index in [-0.39, 0.29) is 6.04 Å². The summed E-state index contributed by atoms with van der Waals surface area (Å²) in [6, 6.07) is 12.9. The zero-order valence-corrected chi connectivity index (χ0v) is 18.4. The van der Waals surface area contributed by atoms with Crippen LogP contribution < -0.4 is 4.31 Å². The van der Waals surface area contributed by atoms with Crippen molar-refractivity contribution in [2.75, 3.05) is 24.9 Å². The number of anilines is 1. The Hall–Kier alpha value is -1.56. The van der Waals surface area contributed by atoms with E-state index in [1.54, 1.807) is 19.2 Å². The molecular formula is C22H29ClN2O2S. The Labute approximate surface area is 174 Å². The van der Waals surface area contributed by atoms with E-state index in [1.165, 1.54) is 30.0 Å². The summed E-state index contributed by atoms with van der Waals surface area (Å²) in [5.74, 6) is 0. The van der Waals surface area contributed by atoms with Crippen LogP contribution in [0.25, 0.3) is 0 Å². The Bertz CT molecular complexity index is 930. The summed E-state index contributed by atoms with van der Waals surface area (Å²) >= 11 is 6.18. The number of hydrogen-bond acceptors (Lipinski definition) is 3. The van der Waals surface area contributed by atoms with Gasteiger partial charge in [0.25, 0.3) is 10.0 Å². The molecule has 2 aromatic rings. The third-order valence-corrected chi connectivity index (χ3v) is 7.60. The lowest BCUT2D eigenvalue weighted by Crippen LogP contribution is -2.27. The SMILES string of the molecule is CCCCCCCN(C)C1c2ccccc2N(C)S(=O)(=O)c2cc(Cl)ccc21. The summed E-state index contributed by atoms with van der Waals surface area (Å²) in [7, 11) is 0.0281. The van der Waals surface area contributed by atoms with Crippen LogP contribution in [0.3, 0.4) is 0 Å². The van der Waals surface area contributed by atoms with Gasteiger partial charge in [-0.25, -0.2) is 8.42 Å². The van der Waals surface area contributed by atoms with Crippen molar-refractivity contribution in [2.45, 2.75) is 50.0 Å². The van der Waals surface area contributed by atoms with E-state index in [0.717, 1.165) is 29.8 Å². The predicted molar refractivity (Wildman–Crippen MR) is 117 cm³/mol. The Morgan fingerprint density at radius 1 is 1.04 bits per heavy atom. The minimum absolute atomic E-state index is 0.130. The smallest absolute Gasteiger partial charge is 0.264 e. The van der Waals surface area contributed by atoms with Crippen LogP contribution in [-0.2, 0) is 10.0 Å². The highest BCUT2D eigenvalue weighted by Crippen LogP contribution is 2.43. The second-order valence-electron chi connectivity index (χ2n) is 7.51. The van der Waals surface area contributed by atoms with Crippen LogP contribution in [0.15, 0.2) is 47.4 Å². The Morgan fingerprint density at radius 2 is 1.75 bits per heavy atom. The Morgan fingerprint density at radius 3 is 2.50 bits per heavy atom. The zero-order valence-electron chi connectivity index (χ0n) is 16.9. The first-order chi connectivity index (χ1) is 13.4. The van der Waals surface area contributed by atoms with Crippen LogP contribution in [0.1, 0.15) is 56.2 Å². The second-order valence-corrected chi connectivity index (χ2v) is 9.88. The number of halogens is 1. The molecule has 1 atom stereocenters. The van der Waals surface area contributed by atoms with Crippen molar-refractivity contribution in [3.05, 3.63) is 58.6 Å². The van der Waals surface area contributed by atoms with Crippen LogP contribution >= 0.6 is 11.6 Å². The average molecular weight is 421 g/mol. The van der Waals surface area contributed by atoms with Crippen LogP contribution in [0, 0.1) is 0 Å². The molecule has 0 saturated carbocycles. The van der Waals surface area contributed by atoms with E-state index < -0.39 is 10.0 Å². The number of fused-ring (bicyclic) bond motifs is 2. The van der Waals surface area contributed by atoms with Gasteiger partial charge in [0, 0.05) is 12.1 Å². The van der Waals surface area contributed by atoms with E-state index in [0.29, 0.717) is 9.92 Å². The first-order valence-corrected chi connectivity index (χ1v) is 11.8. The molecule has 0 amide bonds. The van der Waals surface area contributed by atoms with Gasteiger partial charge in [0.05, 0.1) is 16.6 Å². The van der Waals surface area contributed by atoms with Crippen molar-refractivity contribution in [3.8, 4) is 0 Å². The molecule has 1 unspecified atom stereocenters. The van der Waals surface area contributed by atoms with Crippen molar-refractivity contribution >= 4 is 27.3 Å². The molecule has 4 nitrogen and oxygen atoms in total.